The van der Waals surface area contributed by atoms with Gasteiger partial charge in [-0.3, -0.25) is 0 Å². The highest BCUT2D eigenvalue weighted by Crippen LogP contribution is 2.23. The molecule has 0 saturated carbocycles. The summed E-state index contributed by atoms with van der Waals surface area (Å²) < 4.78 is 32.0. The predicted octanol–water partition coefficient (Wildman–Crippen LogP) is 8.40. The fourth-order valence-corrected chi connectivity index (χ4v) is 3.44. The van der Waals surface area contributed by atoms with Gasteiger partial charge in [-0.1, -0.05) is 90.0 Å². The van der Waals surface area contributed by atoms with Crippen molar-refractivity contribution >= 4 is 11.9 Å². The lowest BCUT2D eigenvalue weighted by Crippen LogP contribution is -2.02. The standard InChI is InChI=1S/C14H10O4.C14H14.2F2/c15-13(16)11-6-10(7-12(8-11)14(17)18)9-4-2-1-3-5-9;1-11-8-12(2)10-14(9-11)13-6-4-3-5-7-13;2*1-2/h1-8H,(H,15,16)(H,17,18);3-10H,1-2H3;;. The van der Waals surface area contributed by atoms with E-state index in [0.29, 0.717) is 5.56 Å². The van der Waals surface area contributed by atoms with E-state index in [2.05, 4.69) is 56.3 Å². The van der Waals surface area contributed by atoms with Gasteiger partial charge in [-0.15, -0.1) is 0 Å². The van der Waals surface area contributed by atoms with E-state index in [-0.39, 0.29) is 11.1 Å². The van der Waals surface area contributed by atoms with Crippen molar-refractivity contribution in [2.75, 3.05) is 0 Å². The van der Waals surface area contributed by atoms with Crippen molar-refractivity contribution in [3.8, 4) is 22.3 Å². The van der Waals surface area contributed by atoms with Crippen molar-refractivity contribution in [1.82, 2.24) is 0 Å². The molecular formula is C28H24F4O4. The fraction of sp³-hybridized carbons (Fsp3) is 0.0714. The summed E-state index contributed by atoms with van der Waals surface area (Å²) >= 11 is 0. The molecule has 0 heterocycles. The Morgan fingerprint density at radius 1 is 0.500 bits per heavy atom. The van der Waals surface area contributed by atoms with Crippen LogP contribution in [0.2, 0.25) is 0 Å². The molecule has 0 atom stereocenters. The molecule has 0 radical (unpaired) electrons. The Labute approximate surface area is 205 Å². The molecule has 0 aromatic heterocycles. The highest BCUT2D eigenvalue weighted by atomic mass is 20.0. The SMILES string of the molecule is Cc1cc(C)cc(-c2ccccc2)c1.FF.FF.O=C(O)c1cc(C(=O)O)cc(-c2ccccc2)c1. The van der Waals surface area contributed by atoms with Crippen LogP contribution in [0, 0.1) is 13.8 Å². The predicted molar refractivity (Wildman–Crippen MR) is 132 cm³/mol. The van der Waals surface area contributed by atoms with Crippen molar-refractivity contribution in [3.63, 3.8) is 0 Å². The molecule has 4 rings (SSSR count). The Bertz CT molecular complexity index is 1190. The summed E-state index contributed by atoms with van der Waals surface area (Å²) in [6, 6.07) is 30.3. The maximum Gasteiger partial charge on any atom is 0.335 e. The molecule has 0 bridgehead atoms. The maximum absolute atomic E-state index is 11.0. The topological polar surface area (TPSA) is 74.6 Å². The molecule has 4 nitrogen and oxygen atoms in total. The van der Waals surface area contributed by atoms with E-state index in [0.717, 1.165) is 11.6 Å². The van der Waals surface area contributed by atoms with Crippen LogP contribution in [0.5, 0.6) is 0 Å². The first-order valence-corrected chi connectivity index (χ1v) is 10.4. The number of carbonyl (C=O) groups is 2. The zero-order valence-corrected chi connectivity index (χ0v) is 19.5. The van der Waals surface area contributed by atoms with Gasteiger partial charge in [0.1, 0.15) is 0 Å². The number of halogens is 4. The van der Waals surface area contributed by atoms with Crippen LogP contribution in [0.25, 0.3) is 22.3 Å². The first kappa shape index (κ1) is 29.6. The zero-order valence-electron chi connectivity index (χ0n) is 19.5. The van der Waals surface area contributed by atoms with Gasteiger partial charge in [0.25, 0.3) is 0 Å². The molecule has 0 aliphatic rings. The summed E-state index contributed by atoms with van der Waals surface area (Å²) in [6.45, 7) is 4.28. The molecule has 188 valence electrons. The van der Waals surface area contributed by atoms with Gasteiger partial charge in [-0.25, -0.2) is 9.59 Å². The number of carboxylic acids is 2. The molecule has 2 N–H and O–H groups in total. The van der Waals surface area contributed by atoms with Gasteiger partial charge < -0.3 is 10.2 Å². The van der Waals surface area contributed by atoms with Gasteiger partial charge in [0.15, 0.2) is 0 Å². The number of benzene rings is 4. The first-order chi connectivity index (χ1) is 17.3. The normalized spacial score (nSPS) is 9.28. The van der Waals surface area contributed by atoms with Crippen LogP contribution < -0.4 is 0 Å². The molecular weight excluding hydrogens is 476 g/mol. The number of aromatic carboxylic acids is 2. The lowest BCUT2D eigenvalue weighted by Gasteiger charge is -2.05. The minimum Gasteiger partial charge on any atom is -0.478 e. The van der Waals surface area contributed by atoms with Crippen molar-refractivity contribution in [1.29, 1.82) is 0 Å². The van der Waals surface area contributed by atoms with E-state index in [4.69, 9.17) is 28.5 Å². The minimum absolute atomic E-state index is 0.0336. The quantitative estimate of drug-likeness (QED) is 0.276. The monoisotopic (exact) mass is 500 g/mol. The first-order valence-electron chi connectivity index (χ1n) is 10.4. The summed E-state index contributed by atoms with van der Waals surface area (Å²) in [5.74, 6) is -2.29. The van der Waals surface area contributed by atoms with E-state index >= 15 is 0 Å². The van der Waals surface area contributed by atoms with Crippen LogP contribution in [0.1, 0.15) is 31.8 Å². The second kappa shape index (κ2) is 15.4. The number of hydrogen-bond acceptors (Lipinski definition) is 2. The molecule has 36 heavy (non-hydrogen) atoms. The third kappa shape index (κ3) is 9.06. The van der Waals surface area contributed by atoms with Crippen molar-refractivity contribution in [2.45, 2.75) is 13.8 Å². The van der Waals surface area contributed by atoms with Crippen molar-refractivity contribution < 1.29 is 38.1 Å². The summed E-state index contributed by atoms with van der Waals surface area (Å²) in [5, 5.41) is 17.9. The van der Waals surface area contributed by atoms with E-state index < -0.39 is 11.9 Å². The molecule has 4 aromatic carbocycles. The third-order valence-electron chi connectivity index (χ3n) is 4.86. The molecule has 0 aliphatic heterocycles. The largest absolute Gasteiger partial charge is 0.478 e. The lowest BCUT2D eigenvalue weighted by molar-refractivity contribution is 0.0696. The van der Waals surface area contributed by atoms with Gasteiger partial charge >= 0.3 is 11.9 Å². The van der Waals surface area contributed by atoms with Crippen LogP contribution in [0.4, 0.5) is 18.3 Å². The number of rotatable bonds is 4. The molecule has 0 amide bonds. The number of aryl methyl sites for hydroxylation is 2. The van der Waals surface area contributed by atoms with Crippen molar-refractivity contribution in [3.05, 3.63) is 119 Å². The smallest absolute Gasteiger partial charge is 0.335 e. The Morgan fingerprint density at radius 2 is 0.833 bits per heavy atom. The highest BCUT2D eigenvalue weighted by molar-refractivity contribution is 5.96. The van der Waals surface area contributed by atoms with Gasteiger partial charge in [-0.05, 0) is 54.3 Å². The van der Waals surface area contributed by atoms with E-state index in [1.165, 1.54) is 34.4 Å². The van der Waals surface area contributed by atoms with E-state index in [1.807, 2.05) is 24.3 Å². The van der Waals surface area contributed by atoms with E-state index in [9.17, 15) is 9.59 Å². The molecule has 0 spiro atoms. The summed E-state index contributed by atoms with van der Waals surface area (Å²) in [4.78, 5) is 21.9. The third-order valence-corrected chi connectivity index (χ3v) is 4.86. The van der Waals surface area contributed by atoms with E-state index in [1.54, 1.807) is 12.1 Å². The average Bonchev–Trinajstić information content (AvgIpc) is 2.91. The van der Waals surface area contributed by atoms with Crippen LogP contribution in [0.15, 0.2) is 97.1 Å². The number of carboxylic acid groups (broad SMARTS) is 2. The number of hydrogen-bond donors (Lipinski definition) is 2. The average molecular weight is 500 g/mol. The van der Waals surface area contributed by atoms with Crippen LogP contribution in [-0.4, -0.2) is 22.2 Å². The Hall–Kier alpha value is -4.46. The van der Waals surface area contributed by atoms with Gasteiger partial charge in [-0.2, -0.15) is 0 Å². The fourth-order valence-electron chi connectivity index (χ4n) is 3.44. The van der Waals surface area contributed by atoms with Crippen LogP contribution >= 0.6 is 0 Å². The van der Waals surface area contributed by atoms with Crippen LogP contribution in [0.3, 0.4) is 0 Å². The summed E-state index contributed by atoms with van der Waals surface area (Å²) in [6.07, 6.45) is 0. The second-order valence-corrected chi connectivity index (χ2v) is 7.52. The zero-order chi connectivity index (χ0) is 27.1. The molecule has 4 aromatic rings. The molecule has 0 unspecified atom stereocenters. The minimum atomic E-state index is -1.14. The Morgan fingerprint density at radius 3 is 1.17 bits per heavy atom. The Balaban J connectivity index is 0.000000323. The van der Waals surface area contributed by atoms with Gasteiger partial charge in [0.05, 0.1) is 11.1 Å². The summed E-state index contributed by atoms with van der Waals surface area (Å²) in [7, 11) is 0. The van der Waals surface area contributed by atoms with Gasteiger partial charge in [0, 0.05) is 18.3 Å². The van der Waals surface area contributed by atoms with Gasteiger partial charge in [0.2, 0.25) is 0 Å². The van der Waals surface area contributed by atoms with Crippen molar-refractivity contribution in [2.24, 2.45) is 0 Å². The molecule has 0 fully saturated rings. The molecule has 8 heteroatoms. The second-order valence-electron chi connectivity index (χ2n) is 7.52. The van der Waals surface area contributed by atoms with Crippen LogP contribution in [-0.2, 0) is 0 Å². The summed E-state index contributed by atoms with van der Waals surface area (Å²) in [5.41, 5.74) is 6.54. The lowest BCUT2D eigenvalue weighted by atomic mass is 10.00. The maximum atomic E-state index is 11.0. The highest BCUT2D eigenvalue weighted by Gasteiger charge is 2.12. The Kier molecular flexibility index (Phi) is 12.7. The molecule has 0 aliphatic carbocycles. The molecule has 0 saturated heterocycles.